The van der Waals surface area contributed by atoms with Crippen LogP contribution in [-0.4, -0.2) is 24.6 Å². The lowest BCUT2D eigenvalue weighted by molar-refractivity contribution is -0.127. The molecular weight excluding hydrogens is 158 g/mol. The third kappa shape index (κ3) is 1.16. The summed E-state index contributed by atoms with van der Waals surface area (Å²) in [6.07, 6.45) is 1.69. The Morgan fingerprint density at radius 3 is 3.00 bits per heavy atom. The number of imide groups is 1. The highest BCUT2D eigenvalue weighted by Gasteiger charge is 2.36. The standard InChI is InChI=1S/C7H11N3O2/c11-6-4-2-1-3-8-5(4)9-7(12)10-6/h4-5,8H,1-3H2,(H2,9,10,11,12). The van der Waals surface area contributed by atoms with E-state index in [4.69, 9.17) is 0 Å². The van der Waals surface area contributed by atoms with Crippen molar-refractivity contribution in [2.24, 2.45) is 5.92 Å². The van der Waals surface area contributed by atoms with Gasteiger partial charge in [-0.1, -0.05) is 0 Å². The number of urea groups is 1. The van der Waals surface area contributed by atoms with Gasteiger partial charge in [0.15, 0.2) is 0 Å². The topological polar surface area (TPSA) is 70.2 Å². The van der Waals surface area contributed by atoms with Gasteiger partial charge in [-0.2, -0.15) is 0 Å². The zero-order valence-electron chi connectivity index (χ0n) is 6.59. The van der Waals surface area contributed by atoms with E-state index in [0.717, 1.165) is 19.4 Å². The molecule has 3 amide bonds. The smallest absolute Gasteiger partial charge is 0.322 e. The molecule has 0 aromatic heterocycles. The van der Waals surface area contributed by atoms with Crippen molar-refractivity contribution in [2.75, 3.05) is 6.54 Å². The third-order valence-electron chi connectivity index (χ3n) is 2.32. The number of rotatable bonds is 0. The molecule has 2 fully saturated rings. The maximum atomic E-state index is 11.2. The monoisotopic (exact) mass is 169 g/mol. The first-order valence-corrected chi connectivity index (χ1v) is 4.12. The normalized spacial score (nSPS) is 35.0. The maximum Gasteiger partial charge on any atom is 0.322 e. The van der Waals surface area contributed by atoms with Gasteiger partial charge < -0.3 is 5.32 Å². The van der Waals surface area contributed by atoms with E-state index in [1.165, 1.54) is 0 Å². The molecule has 2 atom stereocenters. The molecule has 2 rings (SSSR count). The fraction of sp³-hybridized carbons (Fsp3) is 0.714. The number of hydrogen-bond donors (Lipinski definition) is 3. The SMILES string of the molecule is O=C1NC(=O)C2CCCNC2N1. The van der Waals surface area contributed by atoms with E-state index in [1.807, 2.05) is 0 Å². The average Bonchev–Trinajstić information content (AvgIpc) is 2.04. The van der Waals surface area contributed by atoms with Crippen molar-refractivity contribution >= 4 is 11.9 Å². The zero-order chi connectivity index (χ0) is 8.55. The Bertz CT molecular complexity index is 229. The number of hydrogen-bond acceptors (Lipinski definition) is 3. The Labute approximate surface area is 69.9 Å². The molecule has 0 radical (unpaired) electrons. The van der Waals surface area contributed by atoms with Gasteiger partial charge in [0, 0.05) is 0 Å². The summed E-state index contributed by atoms with van der Waals surface area (Å²) in [6, 6.07) is -0.393. The molecule has 5 nitrogen and oxygen atoms in total. The van der Waals surface area contributed by atoms with E-state index in [2.05, 4.69) is 16.0 Å². The van der Waals surface area contributed by atoms with E-state index in [0.29, 0.717) is 0 Å². The van der Waals surface area contributed by atoms with Gasteiger partial charge in [-0.25, -0.2) is 4.79 Å². The molecule has 0 spiro atoms. The van der Waals surface area contributed by atoms with Crippen molar-refractivity contribution < 1.29 is 9.59 Å². The molecule has 0 saturated carbocycles. The van der Waals surface area contributed by atoms with Crippen LogP contribution in [-0.2, 0) is 4.79 Å². The molecule has 2 aliphatic heterocycles. The van der Waals surface area contributed by atoms with Gasteiger partial charge in [-0.3, -0.25) is 15.4 Å². The summed E-state index contributed by atoms with van der Waals surface area (Å²) in [5.74, 6) is -0.243. The summed E-state index contributed by atoms with van der Waals surface area (Å²) >= 11 is 0. The Balaban J connectivity index is 2.11. The van der Waals surface area contributed by atoms with Gasteiger partial charge in [0.1, 0.15) is 0 Å². The number of fused-ring (bicyclic) bond motifs is 1. The lowest BCUT2D eigenvalue weighted by Crippen LogP contribution is -2.64. The minimum Gasteiger partial charge on any atom is -0.322 e. The van der Waals surface area contributed by atoms with Gasteiger partial charge in [-0.15, -0.1) is 0 Å². The quantitative estimate of drug-likeness (QED) is 0.442. The lowest BCUT2D eigenvalue weighted by atomic mass is 9.94. The first-order chi connectivity index (χ1) is 5.77. The molecule has 2 heterocycles. The van der Waals surface area contributed by atoms with Crippen LogP contribution in [0.15, 0.2) is 0 Å². The second kappa shape index (κ2) is 2.75. The number of piperidine rings is 1. The first-order valence-electron chi connectivity index (χ1n) is 4.12. The average molecular weight is 169 g/mol. The predicted molar refractivity (Wildman–Crippen MR) is 41.2 cm³/mol. The van der Waals surface area contributed by atoms with Gasteiger partial charge in [0.2, 0.25) is 5.91 Å². The van der Waals surface area contributed by atoms with Gasteiger partial charge in [0.25, 0.3) is 0 Å². The van der Waals surface area contributed by atoms with Crippen LogP contribution >= 0.6 is 0 Å². The van der Waals surface area contributed by atoms with Crippen LogP contribution in [0.5, 0.6) is 0 Å². The van der Waals surface area contributed by atoms with Crippen LogP contribution in [0.25, 0.3) is 0 Å². The van der Waals surface area contributed by atoms with Gasteiger partial charge in [-0.05, 0) is 19.4 Å². The van der Waals surface area contributed by atoms with Crippen molar-refractivity contribution in [3.8, 4) is 0 Å². The second-order valence-electron chi connectivity index (χ2n) is 3.14. The van der Waals surface area contributed by atoms with Crippen LogP contribution in [0.1, 0.15) is 12.8 Å². The highest BCUT2D eigenvalue weighted by molar-refractivity contribution is 5.98. The minimum absolute atomic E-state index is 0.0866. The van der Waals surface area contributed by atoms with Crippen LogP contribution in [0, 0.1) is 5.92 Å². The van der Waals surface area contributed by atoms with Gasteiger partial charge in [0.05, 0.1) is 12.1 Å². The summed E-state index contributed by atoms with van der Waals surface area (Å²) in [6.45, 7) is 0.870. The molecule has 2 saturated heterocycles. The second-order valence-corrected chi connectivity index (χ2v) is 3.14. The Hall–Kier alpha value is -1.10. The molecular formula is C7H11N3O2. The highest BCUT2D eigenvalue weighted by Crippen LogP contribution is 2.16. The molecule has 12 heavy (non-hydrogen) atoms. The summed E-state index contributed by atoms with van der Waals surface area (Å²) in [5.41, 5.74) is 0. The summed E-state index contributed by atoms with van der Waals surface area (Å²) < 4.78 is 0. The molecule has 0 bridgehead atoms. The molecule has 5 heteroatoms. The summed E-state index contributed by atoms with van der Waals surface area (Å²) in [7, 11) is 0. The molecule has 2 unspecified atom stereocenters. The van der Waals surface area contributed by atoms with Crippen molar-refractivity contribution in [2.45, 2.75) is 19.0 Å². The zero-order valence-corrected chi connectivity index (χ0v) is 6.59. The van der Waals surface area contributed by atoms with E-state index >= 15 is 0 Å². The third-order valence-corrected chi connectivity index (χ3v) is 2.32. The largest absolute Gasteiger partial charge is 0.322 e. The van der Waals surface area contributed by atoms with Gasteiger partial charge >= 0.3 is 6.03 Å². The van der Waals surface area contributed by atoms with Crippen molar-refractivity contribution in [3.63, 3.8) is 0 Å². The van der Waals surface area contributed by atoms with Crippen molar-refractivity contribution in [3.05, 3.63) is 0 Å². The lowest BCUT2D eigenvalue weighted by Gasteiger charge is -2.35. The van der Waals surface area contributed by atoms with E-state index in [9.17, 15) is 9.59 Å². The minimum atomic E-state index is -0.393. The van der Waals surface area contributed by atoms with Crippen molar-refractivity contribution in [1.82, 2.24) is 16.0 Å². The number of carbonyl (C=O) groups excluding carboxylic acids is 2. The van der Waals surface area contributed by atoms with Crippen LogP contribution in [0.2, 0.25) is 0 Å². The summed E-state index contributed by atoms with van der Waals surface area (Å²) in [4.78, 5) is 22.1. The Morgan fingerprint density at radius 1 is 1.33 bits per heavy atom. The predicted octanol–water partition coefficient (Wildman–Crippen LogP) is -0.849. The molecule has 66 valence electrons. The van der Waals surface area contributed by atoms with E-state index in [1.54, 1.807) is 0 Å². The van der Waals surface area contributed by atoms with E-state index in [-0.39, 0.29) is 18.0 Å². The van der Waals surface area contributed by atoms with Crippen LogP contribution in [0.3, 0.4) is 0 Å². The molecule has 2 aliphatic rings. The van der Waals surface area contributed by atoms with Crippen LogP contribution < -0.4 is 16.0 Å². The number of amides is 3. The maximum absolute atomic E-state index is 11.2. The molecule has 0 aliphatic carbocycles. The molecule has 0 aromatic carbocycles. The fourth-order valence-electron chi connectivity index (χ4n) is 1.70. The van der Waals surface area contributed by atoms with Crippen molar-refractivity contribution in [1.29, 1.82) is 0 Å². The number of nitrogens with one attached hydrogen (secondary N) is 3. The Morgan fingerprint density at radius 2 is 2.17 bits per heavy atom. The molecule has 3 N–H and O–H groups in total. The fourth-order valence-corrected chi connectivity index (χ4v) is 1.70. The highest BCUT2D eigenvalue weighted by atomic mass is 16.2. The first kappa shape index (κ1) is 7.54. The number of carbonyl (C=O) groups is 2. The summed E-state index contributed by atoms with van der Waals surface area (Å²) in [5, 5.41) is 8.01. The Kier molecular flexibility index (Phi) is 1.73. The van der Waals surface area contributed by atoms with Crippen LogP contribution in [0.4, 0.5) is 4.79 Å². The molecule has 0 aromatic rings. The van der Waals surface area contributed by atoms with E-state index < -0.39 is 6.03 Å².